The number of hydrogen-bond donors (Lipinski definition) is 0. The second kappa shape index (κ2) is 11.4. The van der Waals surface area contributed by atoms with Gasteiger partial charge in [-0.05, 0) is 83.6 Å². The maximum atomic E-state index is 6.76. The first-order valence-electron chi connectivity index (χ1n) is 21.3. The van der Waals surface area contributed by atoms with E-state index in [1.807, 2.05) is 23.5 Å². The Kier molecular flexibility index (Phi) is 5.86. The molecule has 290 valence electrons. The first-order chi connectivity index (χ1) is 31.2. The number of para-hydroxylation sites is 3. The van der Waals surface area contributed by atoms with Crippen LogP contribution in [0.1, 0.15) is 0 Å². The summed E-state index contributed by atoms with van der Waals surface area (Å²) in [6.45, 7) is 0. The summed E-state index contributed by atoms with van der Waals surface area (Å²) in [4.78, 5) is 11.1. The number of furan rings is 1. The van der Waals surface area contributed by atoms with E-state index in [4.69, 9.17) is 14.4 Å². The molecule has 16 aromatic rings. The van der Waals surface area contributed by atoms with E-state index in [0.717, 1.165) is 55.5 Å². The van der Waals surface area contributed by atoms with Gasteiger partial charge in [-0.15, -0.1) is 11.3 Å². The van der Waals surface area contributed by atoms with Gasteiger partial charge in [-0.25, -0.2) is 9.97 Å². The van der Waals surface area contributed by atoms with E-state index >= 15 is 0 Å². The fourth-order valence-corrected chi connectivity index (χ4v) is 12.3. The summed E-state index contributed by atoms with van der Waals surface area (Å²) in [7, 11) is 0. The Labute approximate surface area is 360 Å². The van der Waals surface area contributed by atoms with Crippen LogP contribution in [0.15, 0.2) is 180 Å². The first kappa shape index (κ1) is 32.5. The van der Waals surface area contributed by atoms with Gasteiger partial charge in [-0.2, -0.15) is 0 Å². The minimum absolute atomic E-state index is 0.610. The third-order valence-electron chi connectivity index (χ3n) is 13.8. The molecule has 0 saturated heterocycles. The van der Waals surface area contributed by atoms with Crippen molar-refractivity contribution in [3.8, 4) is 22.9 Å². The van der Waals surface area contributed by atoms with Crippen molar-refractivity contribution in [2.24, 2.45) is 0 Å². The van der Waals surface area contributed by atoms with Gasteiger partial charge < -0.3 is 13.4 Å². The van der Waals surface area contributed by atoms with Crippen molar-refractivity contribution in [2.75, 3.05) is 0 Å². The second-order valence-corrected chi connectivity index (χ2v) is 18.0. The zero-order valence-corrected chi connectivity index (χ0v) is 34.1. The standard InChI is InChI=1S/C56H29N5OS/c1-2-11-31-28-33(22-20-30(31)10-1)59-39-15-6-3-12-34(39)36-23-21-32(29-44(36)59)52-55-53(38-14-5-8-19-45(38)62-55)58-56(57-52)61-42-18-9-17-41-48(42)49-43(61)25-27-46-50(49)51-47(63-46)26-24-37-35-13-4-7-16-40(35)60(41)54(37)51/h1-29H. The zero-order chi connectivity index (χ0) is 40.7. The van der Waals surface area contributed by atoms with Crippen LogP contribution < -0.4 is 0 Å². The molecule has 0 amide bonds. The molecule has 7 heterocycles. The number of nitrogens with zero attached hydrogens (tertiary/aromatic N) is 5. The molecule has 0 unspecified atom stereocenters. The highest BCUT2D eigenvalue weighted by Crippen LogP contribution is 2.50. The van der Waals surface area contributed by atoms with Gasteiger partial charge in [0, 0.05) is 69.1 Å². The van der Waals surface area contributed by atoms with Crippen molar-refractivity contribution >= 4 is 135 Å². The van der Waals surface area contributed by atoms with Crippen molar-refractivity contribution in [1.29, 1.82) is 0 Å². The molecular formula is C56H29N5OS. The molecule has 16 rings (SSSR count). The van der Waals surface area contributed by atoms with Gasteiger partial charge in [0.2, 0.25) is 5.95 Å². The zero-order valence-electron chi connectivity index (χ0n) is 33.3. The molecule has 6 nitrogen and oxygen atoms in total. The Morgan fingerprint density at radius 1 is 0.429 bits per heavy atom. The lowest BCUT2D eigenvalue weighted by molar-refractivity contribution is 0.666. The van der Waals surface area contributed by atoms with Gasteiger partial charge in [0.25, 0.3) is 0 Å². The first-order valence-corrected chi connectivity index (χ1v) is 22.1. The smallest absolute Gasteiger partial charge is 0.236 e. The molecule has 0 aliphatic rings. The molecule has 63 heavy (non-hydrogen) atoms. The summed E-state index contributed by atoms with van der Waals surface area (Å²) in [5, 5.41) is 13.4. The maximum Gasteiger partial charge on any atom is 0.236 e. The summed E-state index contributed by atoms with van der Waals surface area (Å²) < 4.78 is 16.5. The average molecular weight is 820 g/mol. The summed E-state index contributed by atoms with van der Waals surface area (Å²) in [5.74, 6) is 0.610. The van der Waals surface area contributed by atoms with Crippen LogP contribution in [0.4, 0.5) is 0 Å². The maximum absolute atomic E-state index is 6.76. The molecule has 0 N–H and O–H groups in total. The minimum atomic E-state index is 0.610. The Hall–Kier alpha value is -8.26. The fourth-order valence-electron chi connectivity index (χ4n) is 11.2. The van der Waals surface area contributed by atoms with E-state index in [2.05, 4.69) is 177 Å². The van der Waals surface area contributed by atoms with E-state index in [-0.39, 0.29) is 0 Å². The molecule has 0 bridgehead atoms. The highest BCUT2D eigenvalue weighted by molar-refractivity contribution is 7.26. The molecule has 0 atom stereocenters. The summed E-state index contributed by atoms with van der Waals surface area (Å²) in [6.07, 6.45) is 0. The molecule has 0 spiro atoms. The largest absolute Gasteiger partial charge is 0.452 e. The van der Waals surface area contributed by atoms with Gasteiger partial charge in [-0.3, -0.25) is 4.57 Å². The molecule has 7 aromatic heterocycles. The number of rotatable bonds is 3. The van der Waals surface area contributed by atoms with Crippen molar-refractivity contribution < 1.29 is 4.42 Å². The topological polar surface area (TPSA) is 53.2 Å². The second-order valence-electron chi connectivity index (χ2n) is 16.9. The van der Waals surface area contributed by atoms with Gasteiger partial charge in [0.1, 0.15) is 16.8 Å². The van der Waals surface area contributed by atoms with Crippen molar-refractivity contribution in [3.63, 3.8) is 0 Å². The van der Waals surface area contributed by atoms with Crippen LogP contribution >= 0.6 is 11.3 Å². The molecule has 0 aliphatic heterocycles. The van der Waals surface area contributed by atoms with Crippen molar-refractivity contribution in [3.05, 3.63) is 176 Å². The van der Waals surface area contributed by atoms with Gasteiger partial charge in [-0.1, -0.05) is 103 Å². The van der Waals surface area contributed by atoms with Gasteiger partial charge >= 0.3 is 0 Å². The van der Waals surface area contributed by atoms with Crippen molar-refractivity contribution in [1.82, 2.24) is 23.5 Å². The monoisotopic (exact) mass is 819 g/mol. The number of thiophene rings is 1. The third kappa shape index (κ3) is 4.00. The number of hydrogen-bond acceptors (Lipinski definition) is 4. The van der Waals surface area contributed by atoms with Crippen LogP contribution in [0.3, 0.4) is 0 Å². The molecular weight excluding hydrogens is 791 g/mol. The summed E-state index contributed by atoms with van der Waals surface area (Å²) in [6, 6.07) is 63.7. The molecule has 0 aliphatic carbocycles. The lowest BCUT2D eigenvalue weighted by atomic mass is 10.0. The van der Waals surface area contributed by atoms with E-state index in [1.165, 1.54) is 79.8 Å². The molecule has 7 heteroatoms. The molecule has 0 fully saturated rings. The number of fused-ring (bicyclic) bond motifs is 11. The highest BCUT2D eigenvalue weighted by Gasteiger charge is 2.27. The lowest BCUT2D eigenvalue weighted by Gasteiger charge is -2.12. The number of aromatic nitrogens is 5. The third-order valence-corrected chi connectivity index (χ3v) is 14.9. The van der Waals surface area contributed by atoms with E-state index in [0.29, 0.717) is 11.5 Å². The summed E-state index contributed by atoms with van der Waals surface area (Å²) >= 11 is 1.88. The minimum Gasteiger partial charge on any atom is -0.452 e. The fraction of sp³-hybridized carbons (Fsp3) is 0. The van der Waals surface area contributed by atoms with Crippen molar-refractivity contribution in [2.45, 2.75) is 0 Å². The average Bonchev–Trinajstić information content (AvgIpc) is 4.12. The highest BCUT2D eigenvalue weighted by atomic mass is 32.1. The van der Waals surface area contributed by atoms with Crippen LogP contribution in [0.5, 0.6) is 0 Å². The van der Waals surface area contributed by atoms with Gasteiger partial charge in [0.05, 0.1) is 38.6 Å². The van der Waals surface area contributed by atoms with E-state index < -0.39 is 0 Å². The predicted molar refractivity (Wildman–Crippen MR) is 262 cm³/mol. The van der Waals surface area contributed by atoms with Crippen LogP contribution in [-0.4, -0.2) is 23.5 Å². The predicted octanol–water partition coefficient (Wildman–Crippen LogP) is 15.2. The van der Waals surface area contributed by atoms with Crippen LogP contribution in [0.25, 0.3) is 147 Å². The Bertz CT molecular complexity index is 4630. The van der Waals surface area contributed by atoms with E-state index in [9.17, 15) is 0 Å². The van der Waals surface area contributed by atoms with Crippen LogP contribution in [0, 0.1) is 0 Å². The Morgan fingerprint density at radius 2 is 1.13 bits per heavy atom. The van der Waals surface area contributed by atoms with Crippen LogP contribution in [0.2, 0.25) is 0 Å². The quantitative estimate of drug-likeness (QED) is 0.178. The Morgan fingerprint density at radius 3 is 2.05 bits per heavy atom. The summed E-state index contributed by atoms with van der Waals surface area (Å²) in [5.41, 5.74) is 13.1. The normalized spacial score (nSPS) is 12.8. The molecule has 0 radical (unpaired) electrons. The number of benzene rings is 9. The molecule has 0 saturated carbocycles. The van der Waals surface area contributed by atoms with Gasteiger partial charge in [0.15, 0.2) is 5.58 Å². The SMILES string of the molecule is c1ccc2cc(-n3c4ccccc4c4ccc(-c5nc(-n6c7ccc8sc9ccc%10c%11ccccc%11n%11c%12cccc6c%12c7c8c9c%10%11)nc6c5oc5ccccc56)cc43)ccc2c1. The Balaban J connectivity index is 1.03. The lowest BCUT2D eigenvalue weighted by Crippen LogP contribution is -2.03. The molecule has 9 aromatic carbocycles. The van der Waals surface area contributed by atoms with Crippen LogP contribution in [-0.2, 0) is 0 Å². The van der Waals surface area contributed by atoms with E-state index in [1.54, 1.807) is 0 Å².